The third-order valence-corrected chi connectivity index (χ3v) is 5.76. The molecule has 21 heavy (non-hydrogen) atoms. The highest BCUT2D eigenvalue weighted by Crippen LogP contribution is 2.29. The lowest BCUT2D eigenvalue weighted by molar-refractivity contribution is -0.131. The van der Waals surface area contributed by atoms with Crippen LogP contribution in [0.5, 0.6) is 0 Å². The molecule has 1 heterocycles. The van der Waals surface area contributed by atoms with Gasteiger partial charge in [0, 0.05) is 18.1 Å². The second-order valence-electron chi connectivity index (χ2n) is 5.14. The van der Waals surface area contributed by atoms with Crippen LogP contribution in [0.2, 0.25) is 5.02 Å². The third kappa shape index (κ3) is 2.62. The first kappa shape index (κ1) is 15.8. The molecule has 2 rings (SSSR count). The molecular formula is C13H14ClN3O3S. The smallest absolute Gasteiger partial charge is 0.245 e. The van der Waals surface area contributed by atoms with Crippen molar-refractivity contribution in [2.75, 3.05) is 13.1 Å². The number of piperazine rings is 1. The van der Waals surface area contributed by atoms with Gasteiger partial charge in [0.25, 0.3) is 0 Å². The topological polar surface area (TPSA) is 90.3 Å². The molecule has 8 heteroatoms. The molecule has 1 amide bonds. The number of halogens is 1. The maximum absolute atomic E-state index is 12.8. The maximum atomic E-state index is 12.8. The van der Waals surface area contributed by atoms with Crippen LogP contribution in [0.15, 0.2) is 23.1 Å². The first-order chi connectivity index (χ1) is 9.71. The molecular weight excluding hydrogens is 314 g/mol. The summed E-state index contributed by atoms with van der Waals surface area (Å²) in [7, 11) is -4.00. The van der Waals surface area contributed by atoms with E-state index in [0.717, 1.165) is 4.31 Å². The standard InChI is InChI=1S/C13H14ClN3O3S/c1-13(2)12(18)16-5-6-17(13)21(19,20)11-7-10(14)4-3-9(11)8-15/h3-4,7H,5-6H2,1-2H3,(H,16,18). The summed E-state index contributed by atoms with van der Waals surface area (Å²) >= 11 is 5.85. The number of carbonyl (C=O) groups is 1. The molecule has 112 valence electrons. The lowest BCUT2D eigenvalue weighted by Gasteiger charge is -2.39. The normalized spacial score (nSPS) is 18.9. The number of hydrogen-bond donors (Lipinski definition) is 1. The summed E-state index contributed by atoms with van der Waals surface area (Å²) in [5.41, 5.74) is -1.23. The van der Waals surface area contributed by atoms with E-state index in [9.17, 15) is 13.2 Å². The highest BCUT2D eigenvalue weighted by atomic mass is 35.5. The van der Waals surface area contributed by atoms with E-state index in [-0.39, 0.29) is 34.5 Å². The average molecular weight is 328 g/mol. The van der Waals surface area contributed by atoms with Crippen molar-refractivity contribution >= 4 is 27.5 Å². The van der Waals surface area contributed by atoms with Gasteiger partial charge in [-0.25, -0.2) is 8.42 Å². The Morgan fingerprint density at radius 2 is 2.10 bits per heavy atom. The monoisotopic (exact) mass is 327 g/mol. The Hall–Kier alpha value is -1.62. The number of nitrogens with one attached hydrogen (secondary N) is 1. The van der Waals surface area contributed by atoms with Gasteiger partial charge in [-0.05, 0) is 32.0 Å². The van der Waals surface area contributed by atoms with Crippen LogP contribution in [0.3, 0.4) is 0 Å². The second-order valence-corrected chi connectivity index (χ2v) is 7.41. The molecule has 1 aromatic carbocycles. The Kier molecular flexibility index (Phi) is 3.97. The van der Waals surface area contributed by atoms with Crippen molar-refractivity contribution in [3.8, 4) is 6.07 Å². The lowest BCUT2D eigenvalue weighted by atomic mass is 10.0. The average Bonchev–Trinajstić information content (AvgIpc) is 2.41. The zero-order chi connectivity index (χ0) is 15.8. The van der Waals surface area contributed by atoms with Crippen LogP contribution in [0, 0.1) is 11.3 Å². The Balaban J connectivity index is 2.60. The van der Waals surface area contributed by atoms with E-state index in [1.165, 1.54) is 32.0 Å². The van der Waals surface area contributed by atoms with Crippen molar-refractivity contribution in [2.45, 2.75) is 24.3 Å². The fraction of sp³-hybridized carbons (Fsp3) is 0.385. The van der Waals surface area contributed by atoms with E-state index in [4.69, 9.17) is 16.9 Å². The van der Waals surface area contributed by atoms with E-state index in [0.29, 0.717) is 0 Å². The Bertz CT molecular complexity index is 738. The number of hydrogen-bond acceptors (Lipinski definition) is 4. The molecule has 1 saturated heterocycles. The molecule has 0 unspecified atom stereocenters. The quantitative estimate of drug-likeness (QED) is 0.881. The second kappa shape index (κ2) is 5.30. The molecule has 1 aliphatic rings. The van der Waals surface area contributed by atoms with Gasteiger partial charge in [0.15, 0.2) is 0 Å². The van der Waals surface area contributed by atoms with E-state index < -0.39 is 15.6 Å². The molecule has 0 bridgehead atoms. The van der Waals surface area contributed by atoms with E-state index in [2.05, 4.69) is 5.32 Å². The summed E-state index contributed by atoms with van der Waals surface area (Å²) in [6.45, 7) is 3.41. The van der Waals surface area contributed by atoms with Gasteiger partial charge < -0.3 is 5.32 Å². The van der Waals surface area contributed by atoms with Crippen molar-refractivity contribution in [2.24, 2.45) is 0 Å². The predicted molar refractivity (Wildman–Crippen MR) is 77.1 cm³/mol. The van der Waals surface area contributed by atoms with E-state index in [1.807, 2.05) is 6.07 Å². The van der Waals surface area contributed by atoms with Gasteiger partial charge in [-0.1, -0.05) is 11.6 Å². The van der Waals surface area contributed by atoms with Crippen molar-refractivity contribution in [3.05, 3.63) is 28.8 Å². The van der Waals surface area contributed by atoms with Crippen molar-refractivity contribution < 1.29 is 13.2 Å². The van der Waals surface area contributed by atoms with E-state index in [1.54, 1.807) is 0 Å². The van der Waals surface area contributed by atoms with E-state index >= 15 is 0 Å². The molecule has 0 saturated carbocycles. The van der Waals surface area contributed by atoms with Crippen LogP contribution in [0.1, 0.15) is 19.4 Å². The molecule has 0 aliphatic carbocycles. The summed E-state index contributed by atoms with van der Waals surface area (Å²) in [6, 6.07) is 5.88. The fourth-order valence-corrected chi connectivity index (χ4v) is 4.38. The fourth-order valence-electron chi connectivity index (χ4n) is 2.22. The van der Waals surface area contributed by atoms with Crippen molar-refractivity contribution in [3.63, 3.8) is 0 Å². The van der Waals surface area contributed by atoms with Crippen LogP contribution >= 0.6 is 11.6 Å². The van der Waals surface area contributed by atoms with Gasteiger partial charge in [-0.3, -0.25) is 4.79 Å². The maximum Gasteiger partial charge on any atom is 0.245 e. The first-order valence-electron chi connectivity index (χ1n) is 6.22. The Morgan fingerprint density at radius 1 is 1.43 bits per heavy atom. The zero-order valence-electron chi connectivity index (χ0n) is 11.6. The summed E-state index contributed by atoms with van der Waals surface area (Å²) in [5.74, 6) is -0.377. The molecule has 0 spiro atoms. The minimum absolute atomic E-state index is 0.00109. The Morgan fingerprint density at radius 3 is 2.71 bits per heavy atom. The summed E-state index contributed by atoms with van der Waals surface area (Å²) < 4.78 is 26.7. The summed E-state index contributed by atoms with van der Waals surface area (Å²) in [5, 5.41) is 11.9. The van der Waals surface area contributed by atoms with Gasteiger partial charge in [-0.15, -0.1) is 0 Å². The molecule has 1 aromatic rings. The van der Waals surface area contributed by atoms with Gasteiger partial charge in [0.05, 0.1) is 5.56 Å². The molecule has 0 radical (unpaired) electrons. The highest BCUT2D eigenvalue weighted by Gasteiger charge is 2.45. The van der Waals surface area contributed by atoms with Crippen LogP contribution in [0.25, 0.3) is 0 Å². The van der Waals surface area contributed by atoms with Crippen LogP contribution in [0.4, 0.5) is 0 Å². The number of carbonyl (C=O) groups excluding carboxylic acids is 1. The van der Waals surface area contributed by atoms with Crippen LogP contribution < -0.4 is 5.32 Å². The zero-order valence-corrected chi connectivity index (χ0v) is 13.1. The van der Waals surface area contributed by atoms with Crippen molar-refractivity contribution in [1.82, 2.24) is 9.62 Å². The van der Waals surface area contributed by atoms with Gasteiger partial charge in [-0.2, -0.15) is 9.57 Å². The molecule has 0 aromatic heterocycles. The molecule has 1 aliphatic heterocycles. The third-order valence-electron chi connectivity index (χ3n) is 3.41. The van der Waals surface area contributed by atoms with Crippen LogP contribution in [-0.2, 0) is 14.8 Å². The Labute approximate surface area is 128 Å². The number of benzene rings is 1. The minimum atomic E-state index is -4.00. The first-order valence-corrected chi connectivity index (χ1v) is 8.04. The number of sulfonamides is 1. The SMILES string of the molecule is CC1(C)C(=O)NCCN1S(=O)(=O)c1cc(Cl)ccc1C#N. The highest BCUT2D eigenvalue weighted by molar-refractivity contribution is 7.89. The van der Waals surface area contributed by atoms with Gasteiger partial charge in [0.1, 0.15) is 16.5 Å². The van der Waals surface area contributed by atoms with Crippen molar-refractivity contribution in [1.29, 1.82) is 5.26 Å². The minimum Gasteiger partial charge on any atom is -0.353 e. The van der Waals surface area contributed by atoms with Gasteiger partial charge >= 0.3 is 0 Å². The number of amides is 1. The molecule has 1 N–H and O–H groups in total. The summed E-state index contributed by atoms with van der Waals surface area (Å²) in [6.07, 6.45) is 0. The molecule has 1 fully saturated rings. The van der Waals surface area contributed by atoms with Crippen LogP contribution in [-0.4, -0.2) is 37.3 Å². The largest absolute Gasteiger partial charge is 0.353 e. The lowest BCUT2D eigenvalue weighted by Crippen LogP contribution is -2.63. The number of nitriles is 1. The van der Waals surface area contributed by atoms with Gasteiger partial charge in [0.2, 0.25) is 15.9 Å². The summed E-state index contributed by atoms with van der Waals surface area (Å²) in [4.78, 5) is 11.7. The molecule has 0 atom stereocenters. The predicted octanol–water partition coefficient (Wildman–Crippen LogP) is 1.11. The number of rotatable bonds is 2. The number of nitrogens with zero attached hydrogens (tertiary/aromatic N) is 2. The molecule has 6 nitrogen and oxygen atoms in total.